The lowest BCUT2D eigenvalue weighted by Crippen LogP contribution is -2.24. The van der Waals surface area contributed by atoms with E-state index >= 15 is 0 Å². The summed E-state index contributed by atoms with van der Waals surface area (Å²) in [4.78, 5) is 0. The maximum Gasteiger partial charge on any atom is -0.0383 e. The topological polar surface area (TPSA) is 0 Å². The van der Waals surface area contributed by atoms with Gasteiger partial charge in [-0.25, -0.2) is 0 Å². The molecule has 0 aliphatic heterocycles. The second-order valence-electron chi connectivity index (χ2n) is 17.5. The number of rotatable bonds is 39. The first kappa shape index (κ1) is 48.0. The summed E-state index contributed by atoms with van der Waals surface area (Å²) in [5, 5.41) is 0. The molecule has 6 unspecified atom stereocenters. The molecule has 0 radical (unpaired) electrons. The van der Waals surface area contributed by atoms with Gasteiger partial charge < -0.3 is 0 Å². The van der Waals surface area contributed by atoms with Crippen molar-refractivity contribution >= 4 is 0 Å². The quantitative estimate of drug-likeness (QED) is 0.0569. The highest BCUT2D eigenvalue weighted by molar-refractivity contribution is 4.80. The lowest BCUT2D eigenvalue weighted by molar-refractivity contribution is 0.162. The fourth-order valence-corrected chi connectivity index (χ4v) is 9.21. The highest BCUT2D eigenvalue weighted by Crippen LogP contribution is 2.40. The van der Waals surface area contributed by atoms with E-state index in [1.54, 1.807) is 12.8 Å². The smallest absolute Gasteiger partial charge is 0.0383 e. The molecular weight excluding hydrogens is 577 g/mol. The Morgan fingerprint density at radius 1 is 0.250 bits per heavy atom. The maximum absolute atomic E-state index is 2.62. The van der Waals surface area contributed by atoms with E-state index in [1.807, 2.05) is 0 Å². The summed E-state index contributed by atoms with van der Waals surface area (Å²) in [5.41, 5.74) is 0. The molecule has 0 aromatic rings. The fourth-order valence-electron chi connectivity index (χ4n) is 9.21. The normalized spacial score (nSPS) is 15.8. The van der Waals surface area contributed by atoms with Crippen molar-refractivity contribution < 1.29 is 0 Å². The average Bonchev–Trinajstić information content (AvgIpc) is 3.08. The molecule has 0 heterocycles. The van der Waals surface area contributed by atoms with Crippen LogP contribution in [-0.4, -0.2) is 0 Å². The Kier molecular flexibility index (Phi) is 36.8. The standard InChI is InChI=1S/C48H98/c1-9-15-21-27-33-43(7)39-45(35-29-23-17-11-3)41-47(37-31-25-19-13-5)48(38-32-26-20-14-6)42-46(36-30-24-18-12-4)40-44(8)34-28-22-16-10-2/h43-48H,9-42H2,1-8H3. The zero-order chi connectivity index (χ0) is 35.5. The second-order valence-corrected chi connectivity index (χ2v) is 17.5. The number of hydrogen-bond acceptors (Lipinski definition) is 0. The summed E-state index contributed by atoms with van der Waals surface area (Å²) < 4.78 is 0. The van der Waals surface area contributed by atoms with Gasteiger partial charge in [0.25, 0.3) is 0 Å². The van der Waals surface area contributed by atoms with Crippen LogP contribution in [0.4, 0.5) is 0 Å². The summed E-state index contributed by atoms with van der Waals surface area (Å²) in [6.07, 6.45) is 49.7. The maximum atomic E-state index is 2.62. The van der Waals surface area contributed by atoms with Crippen LogP contribution in [0, 0.1) is 35.5 Å². The van der Waals surface area contributed by atoms with Crippen molar-refractivity contribution in [3.8, 4) is 0 Å². The van der Waals surface area contributed by atoms with Gasteiger partial charge in [-0.1, -0.05) is 248 Å². The van der Waals surface area contributed by atoms with Crippen molar-refractivity contribution in [2.75, 3.05) is 0 Å². The molecule has 0 aromatic carbocycles. The Hall–Kier alpha value is 0. The third kappa shape index (κ3) is 29.7. The first-order valence-corrected chi connectivity index (χ1v) is 23.4. The van der Waals surface area contributed by atoms with Crippen molar-refractivity contribution in [3.63, 3.8) is 0 Å². The predicted molar refractivity (Wildman–Crippen MR) is 223 cm³/mol. The Balaban J connectivity index is 6.05. The fraction of sp³-hybridized carbons (Fsp3) is 1.00. The van der Waals surface area contributed by atoms with Crippen LogP contribution in [0.3, 0.4) is 0 Å². The SMILES string of the molecule is CCCCCCC(C)CC(CCCCCC)CC(CCCCCC)C(CCCCCC)CC(CCCCCC)CC(C)CCCCCC. The van der Waals surface area contributed by atoms with Gasteiger partial charge in [0, 0.05) is 0 Å². The molecule has 0 spiro atoms. The van der Waals surface area contributed by atoms with Crippen molar-refractivity contribution in [2.24, 2.45) is 35.5 Å². The van der Waals surface area contributed by atoms with E-state index in [9.17, 15) is 0 Å². The molecular formula is C48H98. The predicted octanol–water partition coefficient (Wildman–Crippen LogP) is 18.1. The van der Waals surface area contributed by atoms with Gasteiger partial charge in [-0.3, -0.25) is 0 Å². The zero-order valence-electron chi connectivity index (χ0n) is 35.5. The molecule has 0 saturated carbocycles. The van der Waals surface area contributed by atoms with E-state index in [4.69, 9.17) is 0 Å². The van der Waals surface area contributed by atoms with Crippen molar-refractivity contribution in [3.05, 3.63) is 0 Å². The molecule has 290 valence electrons. The molecule has 0 aliphatic carbocycles. The Labute approximate surface area is 308 Å². The van der Waals surface area contributed by atoms with Crippen molar-refractivity contribution in [1.82, 2.24) is 0 Å². The van der Waals surface area contributed by atoms with Crippen molar-refractivity contribution in [2.45, 2.75) is 274 Å². The zero-order valence-corrected chi connectivity index (χ0v) is 35.5. The minimum Gasteiger partial charge on any atom is -0.0654 e. The molecule has 0 aliphatic rings. The molecule has 6 atom stereocenters. The van der Waals surface area contributed by atoms with Crippen LogP contribution in [0.15, 0.2) is 0 Å². The first-order chi connectivity index (χ1) is 23.4. The van der Waals surface area contributed by atoms with Gasteiger partial charge in [0.05, 0.1) is 0 Å². The van der Waals surface area contributed by atoms with Crippen LogP contribution in [0.1, 0.15) is 274 Å². The summed E-state index contributed by atoms with van der Waals surface area (Å²) in [7, 11) is 0. The monoisotopic (exact) mass is 675 g/mol. The van der Waals surface area contributed by atoms with E-state index in [0.29, 0.717) is 0 Å². The molecule has 0 heteroatoms. The molecule has 0 N–H and O–H groups in total. The summed E-state index contributed by atoms with van der Waals surface area (Å²) in [5.74, 6) is 5.73. The van der Waals surface area contributed by atoms with Gasteiger partial charge in [0.1, 0.15) is 0 Å². The summed E-state index contributed by atoms with van der Waals surface area (Å²) in [6, 6.07) is 0. The molecule has 0 saturated heterocycles. The van der Waals surface area contributed by atoms with Gasteiger partial charge >= 0.3 is 0 Å². The third-order valence-electron chi connectivity index (χ3n) is 12.3. The van der Waals surface area contributed by atoms with Crippen LogP contribution < -0.4 is 0 Å². The molecule has 0 fully saturated rings. The number of hydrogen-bond donors (Lipinski definition) is 0. The van der Waals surface area contributed by atoms with Crippen LogP contribution in [0.25, 0.3) is 0 Å². The van der Waals surface area contributed by atoms with Crippen molar-refractivity contribution in [1.29, 1.82) is 0 Å². The molecule has 0 nitrogen and oxygen atoms in total. The van der Waals surface area contributed by atoms with E-state index in [2.05, 4.69) is 55.4 Å². The van der Waals surface area contributed by atoms with Gasteiger partial charge in [-0.15, -0.1) is 0 Å². The Morgan fingerprint density at radius 3 is 0.771 bits per heavy atom. The van der Waals surface area contributed by atoms with Gasteiger partial charge in [-0.05, 0) is 61.2 Å². The summed E-state index contributed by atoms with van der Waals surface area (Å²) >= 11 is 0. The van der Waals surface area contributed by atoms with Crippen LogP contribution in [0.2, 0.25) is 0 Å². The third-order valence-corrected chi connectivity index (χ3v) is 12.3. The van der Waals surface area contributed by atoms with E-state index < -0.39 is 0 Å². The van der Waals surface area contributed by atoms with Crippen LogP contribution in [0.5, 0.6) is 0 Å². The van der Waals surface area contributed by atoms with E-state index in [-0.39, 0.29) is 0 Å². The van der Waals surface area contributed by atoms with Crippen LogP contribution >= 0.6 is 0 Å². The van der Waals surface area contributed by atoms with Gasteiger partial charge in [0.15, 0.2) is 0 Å². The molecule has 0 amide bonds. The average molecular weight is 675 g/mol. The lowest BCUT2D eigenvalue weighted by atomic mass is 9.71. The largest absolute Gasteiger partial charge is 0.0654 e. The minimum absolute atomic E-state index is 0.918. The highest BCUT2D eigenvalue weighted by Gasteiger charge is 2.28. The second kappa shape index (κ2) is 36.8. The highest BCUT2D eigenvalue weighted by atomic mass is 14.3. The van der Waals surface area contributed by atoms with Gasteiger partial charge in [-0.2, -0.15) is 0 Å². The number of unbranched alkanes of at least 4 members (excludes halogenated alkanes) is 18. The minimum atomic E-state index is 0.918. The summed E-state index contributed by atoms with van der Waals surface area (Å²) in [6.45, 7) is 19.5. The molecule has 0 bridgehead atoms. The van der Waals surface area contributed by atoms with E-state index in [0.717, 1.165) is 35.5 Å². The first-order valence-electron chi connectivity index (χ1n) is 23.4. The lowest BCUT2D eigenvalue weighted by Gasteiger charge is -2.35. The molecule has 0 aromatic heterocycles. The van der Waals surface area contributed by atoms with Crippen LogP contribution in [-0.2, 0) is 0 Å². The molecule has 48 heavy (non-hydrogen) atoms. The Bertz CT molecular complexity index is 541. The molecule has 0 rings (SSSR count). The van der Waals surface area contributed by atoms with E-state index in [1.165, 1.54) is 205 Å². The van der Waals surface area contributed by atoms with Gasteiger partial charge in [0.2, 0.25) is 0 Å². The Morgan fingerprint density at radius 2 is 0.500 bits per heavy atom.